The fourth-order valence-corrected chi connectivity index (χ4v) is 4.39. The smallest absolute Gasteiger partial charge is 0.319 e. The van der Waals surface area contributed by atoms with Gasteiger partial charge in [0.15, 0.2) is 20.7 Å². The average molecular weight is 443 g/mol. The van der Waals surface area contributed by atoms with Crippen molar-refractivity contribution in [2.24, 2.45) is 0 Å². The highest BCUT2D eigenvalue weighted by Gasteiger charge is 2.22. The van der Waals surface area contributed by atoms with Crippen LogP contribution in [0.2, 0.25) is 0 Å². The van der Waals surface area contributed by atoms with Crippen LogP contribution in [0.25, 0.3) is 0 Å². The van der Waals surface area contributed by atoms with E-state index in [1.165, 1.54) is 12.1 Å². The number of carboxylic acids is 1. The molecule has 2 N–H and O–H groups in total. The molecule has 0 fully saturated rings. The lowest BCUT2D eigenvalue weighted by Gasteiger charge is -2.15. The number of hydrogen-bond donors (Lipinski definition) is 2. The summed E-state index contributed by atoms with van der Waals surface area (Å²) < 4.78 is 35.0. The number of hydrogen-bond acceptors (Lipinski definition) is 8. The molecule has 0 aliphatic rings. The number of carboxylic acid groups (broad SMARTS) is 1. The molecule has 29 heavy (non-hydrogen) atoms. The summed E-state index contributed by atoms with van der Waals surface area (Å²) in [6.45, 7) is 7.41. The van der Waals surface area contributed by atoms with Gasteiger partial charge in [0.25, 0.3) is 5.91 Å². The fraction of sp³-hybridized carbons (Fsp3) is 0.389. The van der Waals surface area contributed by atoms with Crippen LogP contribution in [0.5, 0.6) is 11.5 Å². The number of aromatic nitrogens is 1. The number of sulfone groups is 1. The Hall–Kier alpha value is -2.66. The van der Waals surface area contributed by atoms with Crippen LogP contribution >= 0.6 is 11.3 Å². The molecular formula is C18H22N2O7S2. The molecule has 1 aromatic carbocycles. The first-order valence-electron chi connectivity index (χ1n) is 8.66. The third-order valence-corrected chi connectivity index (χ3v) is 6.28. The number of nitrogens with zero attached hydrogens (tertiary/aromatic N) is 1. The van der Waals surface area contributed by atoms with Gasteiger partial charge in [0.1, 0.15) is 15.7 Å². The zero-order valence-electron chi connectivity index (χ0n) is 16.3. The first-order chi connectivity index (χ1) is 13.5. The summed E-state index contributed by atoms with van der Waals surface area (Å²) >= 11 is 0.678. The summed E-state index contributed by atoms with van der Waals surface area (Å²) in [6, 6.07) is 4.76. The second-order valence-corrected chi connectivity index (χ2v) is 9.86. The van der Waals surface area contributed by atoms with Gasteiger partial charge >= 0.3 is 5.97 Å². The number of thiazole rings is 1. The minimum atomic E-state index is -4.01. The van der Waals surface area contributed by atoms with Crippen molar-refractivity contribution in [2.45, 2.75) is 44.1 Å². The number of rotatable bonds is 9. The molecule has 2 aromatic rings. The van der Waals surface area contributed by atoms with Gasteiger partial charge in [0, 0.05) is 11.6 Å². The lowest BCUT2D eigenvalue weighted by atomic mass is 10.2. The highest BCUT2D eigenvalue weighted by Crippen LogP contribution is 2.27. The molecule has 0 aliphatic carbocycles. The topological polar surface area (TPSA) is 132 Å². The van der Waals surface area contributed by atoms with Gasteiger partial charge in [-0.3, -0.25) is 14.9 Å². The van der Waals surface area contributed by atoms with Gasteiger partial charge in [0.2, 0.25) is 0 Å². The number of benzene rings is 1. The predicted molar refractivity (Wildman–Crippen MR) is 108 cm³/mol. The third kappa shape index (κ3) is 6.71. The van der Waals surface area contributed by atoms with Gasteiger partial charge in [-0.15, -0.1) is 0 Å². The standard InChI is InChI=1S/C18H22N2O7S2/c1-10(2)26-13-5-12(6-14(7-13)27-11(3)4)17(23)20-18-19-8-16(28-18)29(24,25)9-15(21)22/h5-8,10-11H,9H2,1-4H3,(H,21,22)(H,19,20,23). The van der Waals surface area contributed by atoms with E-state index in [9.17, 15) is 18.0 Å². The number of carbonyl (C=O) groups is 2. The van der Waals surface area contributed by atoms with Crippen LogP contribution in [0, 0.1) is 0 Å². The number of ether oxygens (including phenoxy) is 2. The quantitative estimate of drug-likeness (QED) is 0.606. The predicted octanol–water partition coefficient (Wildman–Crippen LogP) is 2.83. The summed E-state index contributed by atoms with van der Waals surface area (Å²) in [5.74, 6) is -2.15. The van der Waals surface area contributed by atoms with Crippen molar-refractivity contribution in [3.05, 3.63) is 30.0 Å². The Bertz CT molecular complexity index is 969. The van der Waals surface area contributed by atoms with Crippen LogP contribution in [0.4, 0.5) is 5.13 Å². The van der Waals surface area contributed by atoms with E-state index in [4.69, 9.17) is 14.6 Å². The molecule has 11 heteroatoms. The van der Waals surface area contributed by atoms with Crippen LogP contribution in [-0.4, -0.2) is 48.3 Å². The number of carbonyl (C=O) groups excluding carboxylic acids is 1. The molecule has 0 spiro atoms. The van der Waals surface area contributed by atoms with Gasteiger partial charge in [0.05, 0.1) is 18.4 Å². The molecule has 0 aliphatic heterocycles. The summed E-state index contributed by atoms with van der Waals surface area (Å²) in [5, 5.41) is 11.2. The SMILES string of the molecule is CC(C)Oc1cc(OC(C)C)cc(C(=O)Nc2ncc(S(=O)(=O)CC(=O)O)s2)c1. The van der Waals surface area contributed by atoms with Crippen molar-refractivity contribution >= 4 is 38.2 Å². The van der Waals surface area contributed by atoms with Crippen molar-refractivity contribution in [1.29, 1.82) is 0 Å². The maximum atomic E-state index is 12.6. The first-order valence-corrected chi connectivity index (χ1v) is 11.1. The van der Waals surface area contributed by atoms with Crippen LogP contribution in [0.15, 0.2) is 28.6 Å². The lowest BCUT2D eigenvalue weighted by molar-refractivity contribution is -0.134. The van der Waals surface area contributed by atoms with Crippen LogP contribution < -0.4 is 14.8 Å². The van der Waals surface area contributed by atoms with Crippen molar-refractivity contribution < 1.29 is 32.6 Å². The Morgan fingerprint density at radius 3 is 2.14 bits per heavy atom. The van der Waals surface area contributed by atoms with Crippen LogP contribution in [-0.2, 0) is 14.6 Å². The molecule has 0 saturated heterocycles. The van der Waals surface area contributed by atoms with E-state index in [0.717, 1.165) is 6.20 Å². The van der Waals surface area contributed by atoms with Crippen molar-refractivity contribution in [2.75, 3.05) is 11.1 Å². The normalized spacial score (nSPS) is 11.5. The number of anilines is 1. The summed E-state index contributed by atoms with van der Waals surface area (Å²) in [7, 11) is -4.01. The van der Waals surface area contributed by atoms with Crippen molar-refractivity contribution in [3.8, 4) is 11.5 Å². The minimum absolute atomic E-state index is 0.0282. The summed E-state index contributed by atoms with van der Waals surface area (Å²) in [4.78, 5) is 27.2. The Labute approximate surface area is 172 Å². The van der Waals surface area contributed by atoms with E-state index in [-0.39, 0.29) is 27.1 Å². The Morgan fingerprint density at radius 1 is 1.10 bits per heavy atom. The van der Waals surface area contributed by atoms with Crippen LogP contribution in [0.3, 0.4) is 0 Å². The number of amides is 1. The van der Waals surface area contributed by atoms with E-state index in [1.54, 1.807) is 6.07 Å². The molecule has 1 heterocycles. The second kappa shape index (κ2) is 9.23. The largest absolute Gasteiger partial charge is 0.491 e. The second-order valence-electron chi connectivity index (χ2n) is 6.62. The molecule has 158 valence electrons. The monoisotopic (exact) mass is 442 g/mol. The summed E-state index contributed by atoms with van der Waals surface area (Å²) in [6.07, 6.45) is 0.798. The van der Waals surface area contributed by atoms with Gasteiger partial charge in [-0.05, 0) is 39.8 Å². The molecule has 2 rings (SSSR count). The zero-order valence-corrected chi connectivity index (χ0v) is 18.0. The fourth-order valence-electron chi connectivity index (χ4n) is 2.25. The van der Waals surface area contributed by atoms with E-state index in [2.05, 4.69) is 10.3 Å². The maximum absolute atomic E-state index is 12.6. The molecule has 0 bridgehead atoms. The zero-order chi connectivity index (χ0) is 21.8. The number of nitrogens with one attached hydrogen (secondary N) is 1. The number of aliphatic carboxylic acids is 1. The van der Waals surface area contributed by atoms with Crippen molar-refractivity contribution in [1.82, 2.24) is 4.98 Å². The summed E-state index contributed by atoms with van der Waals surface area (Å²) in [5.41, 5.74) is 0.240. The van der Waals surface area contributed by atoms with Crippen LogP contribution in [0.1, 0.15) is 38.1 Å². The van der Waals surface area contributed by atoms with Gasteiger partial charge in [-0.2, -0.15) is 0 Å². The molecule has 0 saturated carbocycles. The Kier molecular flexibility index (Phi) is 7.20. The minimum Gasteiger partial charge on any atom is -0.491 e. The molecule has 1 amide bonds. The van der Waals surface area contributed by atoms with Gasteiger partial charge < -0.3 is 14.6 Å². The molecule has 1 aromatic heterocycles. The molecule has 0 atom stereocenters. The Balaban J connectivity index is 2.25. The molecule has 0 radical (unpaired) electrons. The lowest BCUT2D eigenvalue weighted by Crippen LogP contribution is -2.14. The molecular weight excluding hydrogens is 420 g/mol. The molecule has 9 nitrogen and oxygen atoms in total. The van der Waals surface area contributed by atoms with Gasteiger partial charge in [-0.1, -0.05) is 11.3 Å². The van der Waals surface area contributed by atoms with E-state index in [0.29, 0.717) is 22.8 Å². The third-order valence-electron chi connectivity index (χ3n) is 3.21. The highest BCUT2D eigenvalue weighted by molar-refractivity contribution is 7.94. The maximum Gasteiger partial charge on any atom is 0.319 e. The van der Waals surface area contributed by atoms with Gasteiger partial charge in [-0.25, -0.2) is 13.4 Å². The van der Waals surface area contributed by atoms with Crippen molar-refractivity contribution in [3.63, 3.8) is 0 Å². The van der Waals surface area contributed by atoms with E-state index < -0.39 is 27.5 Å². The highest BCUT2D eigenvalue weighted by atomic mass is 32.2. The van der Waals surface area contributed by atoms with E-state index >= 15 is 0 Å². The first kappa shape index (κ1) is 22.6. The van der Waals surface area contributed by atoms with E-state index in [1.807, 2.05) is 27.7 Å². The Morgan fingerprint density at radius 2 is 1.66 bits per heavy atom. The molecule has 0 unspecified atom stereocenters. The average Bonchev–Trinajstić information content (AvgIpc) is 3.01.